The van der Waals surface area contributed by atoms with Gasteiger partial charge in [-0.25, -0.2) is 4.98 Å². The molecule has 0 radical (unpaired) electrons. The highest BCUT2D eigenvalue weighted by molar-refractivity contribution is 6.06. The number of amides is 1. The van der Waals surface area contributed by atoms with Crippen molar-refractivity contribution < 1.29 is 9.21 Å². The fourth-order valence-corrected chi connectivity index (χ4v) is 2.73. The van der Waals surface area contributed by atoms with Crippen LogP contribution in [0.5, 0.6) is 0 Å². The van der Waals surface area contributed by atoms with Crippen LogP contribution in [-0.4, -0.2) is 15.5 Å². The number of carbonyl (C=O) groups is 1. The van der Waals surface area contributed by atoms with Gasteiger partial charge in [-0.05, 0) is 41.8 Å². The van der Waals surface area contributed by atoms with Crippen molar-refractivity contribution in [1.82, 2.24) is 9.55 Å². The Morgan fingerprint density at radius 2 is 2.04 bits per heavy atom. The first-order valence-electron chi connectivity index (χ1n) is 7.34. The van der Waals surface area contributed by atoms with Gasteiger partial charge in [-0.1, -0.05) is 6.07 Å². The van der Waals surface area contributed by atoms with Gasteiger partial charge in [-0.15, -0.1) is 0 Å². The van der Waals surface area contributed by atoms with Crippen LogP contribution in [0.25, 0.3) is 22.0 Å². The molecule has 2 aromatic carbocycles. The van der Waals surface area contributed by atoms with Crippen LogP contribution >= 0.6 is 0 Å². The molecule has 0 saturated heterocycles. The second-order valence-corrected chi connectivity index (χ2v) is 5.57. The van der Waals surface area contributed by atoms with Gasteiger partial charge in [-0.3, -0.25) is 4.79 Å². The number of anilines is 1. The van der Waals surface area contributed by atoms with Gasteiger partial charge in [0.15, 0.2) is 11.5 Å². The van der Waals surface area contributed by atoms with Crippen LogP contribution in [0.15, 0.2) is 53.1 Å². The first-order chi connectivity index (χ1) is 11.1. The average molecular weight is 305 g/mol. The van der Waals surface area contributed by atoms with Crippen LogP contribution in [0.1, 0.15) is 16.2 Å². The van der Waals surface area contributed by atoms with E-state index in [4.69, 9.17) is 4.42 Å². The van der Waals surface area contributed by atoms with Crippen molar-refractivity contribution in [3.05, 3.63) is 60.1 Å². The summed E-state index contributed by atoms with van der Waals surface area (Å²) in [5, 5.41) is 4.02. The maximum atomic E-state index is 12.5. The third-order valence-electron chi connectivity index (χ3n) is 3.90. The van der Waals surface area contributed by atoms with Crippen molar-refractivity contribution in [2.75, 3.05) is 5.32 Å². The van der Waals surface area contributed by atoms with Crippen LogP contribution in [0.4, 0.5) is 5.69 Å². The zero-order valence-corrected chi connectivity index (χ0v) is 12.8. The van der Waals surface area contributed by atoms with E-state index < -0.39 is 0 Å². The first kappa shape index (κ1) is 13.6. The van der Waals surface area contributed by atoms with Crippen LogP contribution < -0.4 is 5.32 Å². The molecule has 0 aliphatic carbocycles. The molecule has 114 valence electrons. The van der Waals surface area contributed by atoms with E-state index >= 15 is 0 Å². The number of benzene rings is 2. The standard InChI is InChI=1S/C18H15N3O2/c1-11-19-15-10-14(5-6-17(15)23-11)20-18(22)13-4-3-12-7-8-21(2)16(12)9-13/h3-10H,1-2H3,(H,20,22). The van der Waals surface area contributed by atoms with Crippen LogP contribution in [0, 0.1) is 6.92 Å². The Bertz CT molecular complexity index is 1040. The maximum Gasteiger partial charge on any atom is 0.255 e. The molecule has 5 nitrogen and oxygen atoms in total. The van der Waals surface area contributed by atoms with Gasteiger partial charge in [0.05, 0.1) is 0 Å². The molecule has 0 aliphatic rings. The monoisotopic (exact) mass is 305 g/mol. The average Bonchev–Trinajstić information content (AvgIpc) is 3.09. The zero-order chi connectivity index (χ0) is 16.0. The summed E-state index contributed by atoms with van der Waals surface area (Å²) < 4.78 is 7.43. The van der Waals surface area contributed by atoms with Gasteiger partial charge in [0.1, 0.15) is 5.52 Å². The first-order valence-corrected chi connectivity index (χ1v) is 7.34. The van der Waals surface area contributed by atoms with Crippen molar-refractivity contribution in [2.45, 2.75) is 6.92 Å². The minimum absolute atomic E-state index is 0.146. The molecule has 5 heteroatoms. The van der Waals surface area contributed by atoms with Gasteiger partial charge in [0.25, 0.3) is 5.91 Å². The lowest BCUT2D eigenvalue weighted by molar-refractivity contribution is 0.102. The highest BCUT2D eigenvalue weighted by atomic mass is 16.3. The van der Waals surface area contributed by atoms with Crippen LogP contribution in [0.3, 0.4) is 0 Å². The minimum atomic E-state index is -0.146. The molecule has 0 spiro atoms. The SMILES string of the molecule is Cc1nc2cc(NC(=O)c3ccc4ccn(C)c4c3)ccc2o1. The Morgan fingerprint density at radius 1 is 1.17 bits per heavy atom. The molecule has 0 aliphatic heterocycles. The van der Waals surface area contributed by atoms with Crippen LogP contribution in [-0.2, 0) is 7.05 Å². The molecule has 0 unspecified atom stereocenters. The summed E-state index contributed by atoms with van der Waals surface area (Å²) in [5.74, 6) is 0.463. The summed E-state index contributed by atoms with van der Waals surface area (Å²) in [6.07, 6.45) is 1.98. The zero-order valence-electron chi connectivity index (χ0n) is 12.8. The van der Waals surface area contributed by atoms with E-state index in [0.717, 1.165) is 16.4 Å². The second kappa shape index (κ2) is 4.98. The predicted octanol–water partition coefficient (Wildman–Crippen LogP) is 3.88. The summed E-state index contributed by atoms with van der Waals surface area (Å²) >= 11 is 0. The lowest BCUT2D eigenvalue weighted by Gasteiger charge is -2.06. The smallest absolute Gasteiger partial charge is 0.255 e. The van der Waals surface area contributed by atoms with E-state index in [-0.39, 0.29) is 5.91 Å². The number of fused-ring (bicyclic) bond motifs is 2. The molecule has 2 aromatic heterocycles. The van der Waals surface area contributed by atoms with Crippen molar-refractivity contribution in [1.29, 1.82) is 0 Å². The Balaban J connectivity index is 1.65. The Kier molecular flexibility index (Phi) is 2.94. The fraction of sp³-hybridized carbons (Fsp3) is 0.111. The Morgan fingerprint density at radius 3 is 2.91 bits per heavy atom. The van der Waals surface area contributed by atoms with Crippen molar-refractivity contribution in [3.8, 4) is 0 Å². The summed E-state index contributed by atoms with van der Waals surface area (Å²) in [4.78, 5) is 16.7. The Labute approximate surface area is 132 Å². The third kappa shape index (κ3) is 2.36. The topological polar surface area (TPSA) is 60.1 Å². The molecular weight excluding hydrogens is 290 g/mol. The van der Waals surface area contributed by atoms with E-state index in [1.165, 1.54) is 0 Å². The largest absolute Gasteiger partial charge is 0.441 e. The number of oxazole rings is 1. The molecular formula is C18H15N3O2. The minimum Gasteiger partial charge on any atom is -0.441 e. The molecule has 1 N–H and O–H groups in total. The molecule has 2 heterocycles. The maximum absolute atomic E-state index is 12.5. The highest BCUT2D eigenvalue weighted by Crippen LogP contribution is 2.21. The van der Waals surface area contributed by atoms with Gasteiger partial charge >= 0.3 is 0 Å². The Hall–Kier alpha value is -3.08. The number of hydrogen-bond acceptors (Lipinski definition) is 3. The summed E-state index contributed by atoms with van der Waals surface area (Å²) in [6.45, 7) is 1.80. The quantitative estimate of drug-likeness (QED) is 0.611. The van der Waals surface area contributed by atoms with Crippen molar-refractivity contribution in [2.24, 2.45) is 7.05 Å². The van der Waals surface area contributed by atoms with E-state index in [1.54, 1.807) is 6.92 Å². The number of rotatable bonds is 2. The molecule has 4 rings (SSSR count). The molecule has 1 amide bonds. The van der Waals surface area contributed by atoms with E-state index in [2.05, 4.69) is 10.3 Å². The lowest BCUT2D eigenvalue weighted by Crippen LogP contribution is -2.11. The molecule has 0 atom stereocenters. The predicted molar refractivity (Wildman–Crippen MR) is 89.6 cm³/mol. The van der Waals surface area contributed by atoms with E-state index in [0.29, 0.717) is 22.7 Å². The van der Waals surface area contributed by atoms with Gasteiger partial charge in [-0.2, -0.15) is 0 Å². The fourth-order valence-electron chi connectivity index (χ4n) is 2.73. The molecule has 0 fully saturated rings. The lowest BCUT2D eigenvalue weighted by atomic mass is 10.1. The molecule has 0 saturated carbocycles. The summed E-state index contributed by atoms with van der Waals surface area (Å²) in [5.41, 5.74) is 3.79. The number of carbonyl (C=O) groups excluding carboxylic acids is 1. The molecule has 23 heavy (non-hydrogen) atoms. The van der Waals surface area contributed by atoms with Crippen molar-refractivity contribution in [3.63, 3.8) is 0 Å². The van der Waals surface area contributed by atoms with E-state index in [1.807, 2.05) is 60.3 Å². The number of hydrogen-bond donors (Lipinski definition) is 1. The summed E-state index contributed by atoms with van der Waals surface area (Å²) in [6, 6.07) is 13.1. The van der Waals surface area contributed by atoms with Gasteiger partial charge in [0.2, 0.25) is 0 Å². The molecule has 4 aromatic rings. The number of aromatic nitrogens is 2. The van der Waals surface area contributed by atoms with Crippen LogP contribution in [0.2, 0.25) is 0 Å². The van der Waals surface area contributed by atoms with Gasteiger partial charge < -0.3 is 14.3 Å². The number of nitrogens with zero attached hydrogens (tertiary/aromatic N) is 2. The molecule has 0 bridgehead atoms. The van der Waals surface area contributed by atoms with Gasteiger partial charge in [0, 0.05) is 36.9 Å². The normalized spacial score (nSPS) is 11.2. The number of aryl methyl sites for hydroxylation is 2. The summed E-state index contributed by atoms with van der Waals surface area (Å²) in [7, 11) is 1.96. The second-order valence-electron chi connectivity index (χ2n) is 5.57. The van der Waals surface area contributed by atoms with Crippen molar-refractivity contribution >= 4 is 33.6 Å². The third-order valence-corrected chi connectivity index (χ3v) is 3.90. The number of nitrogens with one attached hydrogen (secondary N) is 1. The highest BCUT2D eigenvalue weighted by Gasteiger charge is 2.10. The van der Waals surface area contributed by atoms with E-state index in [9.17, 15) is 4.79 Å².